The van der Waals surface area contributed by atoms with E-state index in [0.717, 1.165) is 11.1 Å². The van der Waals surface area contributed by atoms with Crippen LogP contribution in [0.25, 0.3) is 10.9 Å². The van der Waals surface area contributed by atoms with Crippen molar-refractivity contribution in [2.75, 3.05) is 0 Å². The number of hydrogen-bond acceptors (Lipinski definition) is 2. The van der Waals surface area contributed by atoms with Crippen molar-refractivity contribution >= 4 is 29.2 Å². The lowest BCUT2D eigenvalue weighted by atomic mass is 10.1. The topological polar surface area (TPSA) is 70.9 Å². The standard InChI is InChI=1S/C15H21N3O.ClH/c1-9(16)6-15(19)17-8-12-4-5-14-13(7-12)10(2)11(3)18-14;/h4-5,7,9,18H,6,8,16H2,1-3H3,(H,17,19);1H. The van der Waals surface area contributed by atoms with Gasteiger partial charge in [0.1, 0.15) is 0 Å². The molecule has 20 heavy (non-hydrogen) atoms. The summed E-state index contributed by atoms with van der Waals surface area (Å²) in [6, 6.07) is 6.11. The first-order chi connectivity index (χ1) is 8.97. The second-order valence-electron chi connectivity index (χ2n) is 5.21. The molecule has 4 N–H and O–H groups in total. The molecule has 0 radical (unpaired) electrons. The van der Waals surface area contributed by atoms with Crippen LogP contribution in [0.15, 0.2) is 18.2 Å². The fourth-order valence-corrected chi connectivity index (χ4v) is 2.18. The summed E-state index contributed by atoms with van der Waals surface area (Å²) in [6.45, 7) is 6.55. The van der Waals surface area contributed by atoms with Gasteiger partial charge in [-0.15, -0.1) is 12.4 Å². The number of aromatic nitrogens is 1. The van der Waals surface area contributed by atoms with Crippen molar-refractivity contribution in [1.29, 1.82) is 0 Å². The van der Waals surface area contributed by atoms with Crippen LogP contribution in [0.2, 0.25) is 0 Å². The monoisotopic (exact) mass is 295 g/mol. The SMILES string of the molecule is Cc1[nH]c2ccc(CNC(=O)CC(C)N)cc2c1C.Cl. The van der Waals surface area contributed by atoms with Crippen LogP contribution in [-0.2, 0) is 11.3 Å². The lowest BCUT2D eigenvalue weighted by Gasteiger charge is -2.07. The molecule has 0 bridgehead atoms. The molecule has 0 aliphatic rings. The second kappa shape index (κ2) is 6.77. The number of carbonyl (C=O) groups is 1. The normalized spacial score (nSPS) is 12.0. The Morgan fingerprint density at radius 1 is 1.40 bits per heavy atom. The summed E-state index contributed by atoms with van der Waals surface area (Å²) >= 11 is 0. The highest BCUT2D eigenvalue weighted by atomic mass is 35.5. The van der Waals surface area contributed by atoms with Crippen molar-refractivity contribution in [3.63, 3.8) is 0 Å². The summed E-state index contributed by atoms with van der Waals surface area (Å²) in [6.07, 6.45) is 0.366. The van der Waals surface area contributed by atoms with Gasteiger partial charge in [-0.3, -0.25) is 4.79 Å². The molecule has 1 unspecified atom stereocenters. The van der Waals surface area contributed by atoms with Crippen LogP contribution in [-0.4, -0.2) is 16.9 Å². The van der Waals surface area contributed by atoms with E-state index >= 15 is 0 Å². The predicted molar refractivity (Wildman–Crippen MR) is 85.1 cm³/mol. The van der Waals surface area contributed by atoms with Crippen molar-refractivity contribution in [3.8, 4) is 0 Å². The Hall–Kier alpha value is -1.52. The van der Waals surface area contributed by atoms with Gasteiger partial charge in [-0.25, -0.2) is 0 Å². The van der Waals surface area contributed by atoms with Gasteiger partial charge in [0, 0.05) is 35.6 Å². The van der Waals surface area contributed by atoms with Crippen molar-refractivity contribution in [3.05, 3.63) is 35.0 Å². The average Bonchev–Trinajstić information content (AvgIpc) is 2.62. The highest BCUT2D eigenvalue weighted by Crippen LogP contribution is 2.22. The first-order valence-corrected chi connectivity index (χ1v) is 6.57. The number of rotatable bonds is 4. The van der Waals surface area contributed by atoms with E-state index in [0.29, 0.717) is 13.0 Å². The molecule has 2 rings (SSSR count). The summed E-state index contributed by atoms with van der Waals surface area (Å²) < 4.78 is 0. The van der Waals surface area contributed by atoms with E-state index in [1.165, 1.54) is 16.6 Å². The number of fused-ring (bicyclic) bond motifs is 1. The first kappa shape index (κ1) is 16.5. The number of amides is 1. The molecule has 5 heteroatoms. The number of benzene rings is 1. The molecule has 0 fully saturated rings. The molecule has 1 amide bonds. The van der Waals surface area contributed by atoms with Crippen LogP contribution < -0.4 is 11.1 Å². The summed E-state index contributed by atoms with van der Waals surface area (Å²) in [4.78, 5) is 14.9. The van der Waals surface area contributed by atoms with Crippen LogP contribution in [0.3, 0.4) is 0 Å². The highest BCUT2D eigenvalue weighted by molar-refractivity contribution is 5.85. The Morgan fingerprint density at radius 3 is 2.75 bits per heavy atom. The number of nitrogens with two attached hydrogens (primary N) is 1. The Bertz CT molecular complexity index is 604. The van der Waals surface area contributed by atoms with Crippen LogP contribution in [0.1, 0.15) is 30.2 Å². The molecule has 2 aromatic rings. The molecule has 1 atom stereocenters. The van der Waals surface area contributed by atoms with Crippen molar-refractivity contribution in [1.82, 2.24) is 10.3 Å². The minimum Gasteiger partial charge on any atom is -0.358 e. The molecule has 0 spiro atoms. The lowest BCUT2D eigenvalue weighted by molar-refractivity contribution is -0.121. The van der Waals surface area contributed by atoms with Crippen molar-refractivity contribution in [2.24, 2.45) is 5.73 Å². The number of aryl methyl sites for hydroxylation is 2. The van der Waals surface area contributed by atoms with E-state index in [4.69, 9.17) is 5.73 Å². The molecule has 1 aromatic carbocycles. The maximum atomic E-state index is 11.6. The smallest absolute Gasteiger partial charge is 0.221 e. The largest absolute Gasteiger partial charge is 0.358 e. The van der Waals surface area contributed by atoms with E-state index in [9.17, 15) is 4.79 Å². The summed E-state index contributed by atoms with van der Waals surface area (Å²) in [5, 5.41) is 4.11. The van der Waals surface area contributed by atoms with Gasteiger partial charge in [0.25, 0.3) is 0 Å². The zero-order valence-electron chi connectivity index (χ0n) is 12.1. The third-order valence-corrected chi connectivity index (χ3v) is 3.37. The van der Waals surface area contributed by atoms with Gasteiger partial charge < -0.3 is 16.0 Å². The summed E-state index contributed by atoms with van der Waals surface area (Å²) in [7, 11) is 0. The Labute approximate surface area is 125 Å². The van der Waals surface area contributed by atoms with Crippen LogP contribution in [0, 0.1) is 13.8 Å². The number of carbonyl (C=O) groups excluding carboxylic acids is 1. The Morgan fingerprint density at radius 2 is 2.10 bits per heavy atom. The third-order valence-electron chi connectivity index (χ3n) is 3.37. The molecule has 0 saturated carbocycles. The van der Waals surface area contributed by atoms with E-state index in [-0.39, 0.29) is 24.4 Å². The molecule has 4 nitrogen and oxygen atoms in total. The Kier molecular flexibility index (Phi) is 5.60. The minimum atomic E-state index is -0.1000. The quantitative estimate of drug-likeness (QED) is 0.811. The van der Waals surface area contributed by atoms with Gasteiger partial charge in [-0.2, -0.15) is 0 Å². The highest BCUT2D eigenvalue weighted by Gasteiger charge is 2.07. The fraction of sp³-hybridized carbons (Fsp3) is 0.400. The van der Waals surface area contributed by atoms with Crippen LogP contribution in [0.4, 0.5) is 0 Å². The molecule has 0 aliphatic carbocycles. The van der Waals surface area contributed by atoms with Gasteiger partial charge in [-0.1, -0.05) is 6.07 Å². The molecule has 1 aromatic heterocycles. The van der Waals surface area contributed by atoms with Gasteiger partial charge in [-0.05, 0) is 44.0 Å². The molecule has 1 heterocycles. The summed E-state index contributed by atoms with van der Waals surface area (Å²) in [5.41, 5.74) is 10.3. The van der Waals surface area contributed by atoms with E-state index < -0.39 is 0 Å². The van der Waals surface area contributed by atoms with Crippen molar-refractivity contribution in [2.45, 2.75) is 39.8 Å². The number of aromatic amines is 1. The molecular formula is C15H22ClN3O. The maximum absolute atomic E-state index is 11.6. The van der Waals surface area contributed by atoms with E-state index in [1.54, 1.807) is 0 Å². The maximum Gasteiger partial charge on any atom is 0.221 e. The Balaban J connectivity index is 0.00000200. The second-order valence-corrected chi connectivity index (χ2v) is 5.21. The summed E-state index contributed by atoms with van der Waals surface area (Å²) in [5.74, 6) is -0.00271. The van der Waals surface area contributed by atoms with Crippen molar-refractivity contribution < 1.29 is 4.79 Å². The number of H-pyrrole nitrogens is 1. The molecule has 0 aliphatic heterocycles. The van der Waals surface area contributed by atoms with E-state index in [2.05, 4.69) is 36.3 Å². The van der Waals surface area contributed by atoms with Crippen LogP contribution in [0.5, 0.6) is 0 Å². The third kappa shape index (κ3) is 3.74. The van der Waals surface area contributed by atoms with Crippen LogP contribution >= 0.6 is 12.4 Å². The van der Waals surface area contributed by atoms with Gasteiger partial charge in [0.15, 0.2) is 0 Å². The minimum absolute atomic E-state index is 0. The molecule has 110 valence electrons. The average molecular weight is 296 g/mol. The fourth-order valence-electron chi connectivity index (χ4n) is 2.18. The van der Waals surface area contributed by atoms with Gasteiger partial charge >= 0.3 is 0 Å². The number of hydrogen-bond donors (Lipinski definition) is 3. The number of nitrogens with one attached hydrogen (secondary N) is 2. The zero-order chi connectivity index (χ0) is 14.0. The van der Waals surface area contributed by atoms with Gasteiger partial charge in [0.05, 0.1) is 0 Å². The zero-order valence-corrected chi connectivity index (χ0v) is 12.9. The van der Waals surface area contributed by atoms with Gasteiger partial charge in [0.2, 0.25) is 5.91 Å². The number of halogens is 1. The molecular weight excluding hydrogens is 274 g/mol. The predicted octanol–water partition coefficient (Wildman–Crippen LogP) is 2.56. The lowest BCUT2D eigenvalue weighted by Crippen LogP contribution is -2.29. The first-order valence-electron chi connectivity index (χ1n) is 6.57. The molecule has 0 saturated heterocycles. The van der Waals surface area contributed by atoms with E-state index in [1.807, 2.05) is 13.0 Å².